The highest BCUT2D eigenvalue weighted by Crippen LogP contribution is 2.28. The van der Waals surface area contributed by atoms with Gasteiger partial charge >= 0.3 is 0 Å². The van der Waals surface area contributed by atoms with Crippen LogP contribution in [0.4, 0.5) is 0 Å². The number of hydrogen-bond donors (Lipinski definition) is 0. The van der Waals surface area contributed by atoms with Crippen molar-refractivity contribution in [3.05, 3.63) is 65.0 Å². The number of benzene rings is 2. The molecular formula is C18H15N3O2S2. The van der Waals surface area contributed by atoms with Gasteiger partial charge in [-0.3, -0.25) is 0 Å². The number of fused-ring (bicyclic) bond motifs is 1. The van der Waals surface area contributed by atoms with Crippen molar-refractivity contribution in [1.29, 1.82) is 0 Å². The third-order valence-electron chi connectivity index (χ3n) is 3.62. The first kappa shape index (κ1) is 16.1. The lowest BCUT2D eigenvalue weighted by molar-refractivity contribution is 0.413. The van der Waals surface area contributed by atoms with Gasteiger partial charge < -0.3 is 9.15 Å². The zero-order valence-electron chi connectivity index (χ0n) is 13.5. The van der Waals surface area contributed by atoms with Crippen LogP contribution in [0.3, 0.4) is 0 Å². The molecule has 0 N–H and O–H groups in total. The Balaban J connectivity index is 1.38. The molecule has 0 radical (unpaired) electrons. The van der Waals surface area contributed by atoms with E-state index in [1.54, 1.807) is 18.4 Å². The highest BCUT2D eigenvalue weighted by Gasteiger charge is 2.10. The fourth-order valence-corrected chi connectivity index (χ4v) is 4.13. The lowest BCUT2D eigenvalue weighted by atomic mass is 10.1. The summed E-state index contributed by atoms with van der Waals surface area (Å²) in [6.07, 6.45) is 0.610. The number of methoxy groups -OCH3 is 1. The minimum atomic E-state index is 0.572. The van der Waals surface area contributed by atoms with Gasteiger partial charge in [-0.25, -0.2) is 4.98 Å². The number of nitrogens with zero attached hydrogens (tertiary/aromatic N) is 3. The maximum atomic E-state index is 5.73. The molecule has 0 bridgehead atoms. The summed E-state index contributed by atoms with van der Waals surface area (Å²) >= 11 is 3.21. The van der Waals surface area contributed by atoms with E-state index in [9.17, 15) is 0 Å². The molecule has 5 nitrogen and oxygen atoms in total. The molecule has 0 spiro atoms. The first-order chi connectivity index (χ1) is 12.3. The largest absolute Gasteiger partial charge is 0.497 e. The molecule has 7 heteroatoms. The van der Waals surface area contributed by atoms with Gasteiger partial charge in [-0.15, -0.1) is 21.5 Å². The molecular weight excluding hydrogens is 354 g/mol. The summed E-state index contributed by atoms with van der Waals surface area (Å²) in [7, 11) is 1.65. The Bertz CT molecular complexity index is 946. The van der Waals surface area contributed by atoms with Crippen LogP contribution in [0.15, 0.2) is 58.2 Å². The van der Waals surface area contributed by atoms with Gasteiger partial charge in [-0.2, -0.15) is 0 Å². The average molecular weight is 369 g/mol. The van der Waals surface area contributed by atoms with E-state index in [1.807, 2.05) is 42.5 Å². The summed E-state index contributed by atoms with van der Waals surface area (Å²) in [5.41, 5.74) is 2.14. The average Bonchev–Trinajstić information content (AvgIpc) is 3.26. The maximum Gasteiger partial charge on any atom is 0.276 e. The molecule has 126 valence electrons. The molecule has 0 amide bonds. The molecule has 0 fully saturated rings. The minimum absolute atomic E-state index is 0.572. The number of thioether (sulfide) groups is 1. The molecule has 0 atom stereocenters. The third kappa shape index (κ3) is 3.83. The van der Waals surface area contributed by atoms with E-state index in [4.69, 9.17) is 9.15 Å². The van der Waals surface area contributed by atoms with Crippen LogP contribution in [0.25, 0.3) is 10.2 Å². The fraction of sp³-hybridized carbons (Fsp3) is 0.167. The summed E-state index contributed by atoms with van der Waals surface area (Å²) in [6, 6.07) is 16.0. The SMILES string of the molecule is COc1ccc(Cc2nnc(SCc3nc4ccccc4s3)o2)cc1. The molecule has 0 saturated heterocycles. The molecule has 2 aromatic carbocycles. The van der Waals surface area contributed by atoms with Crippen molar-refractivity contribution >= 4 is 33.3 Å². The predicted octanol–water partition coefficient (Wildman–Crippen LogP) is 4.57. The maximum absolute atomic E-state index is 5.73. The molecule has 4 rings (SSSR count). The lowest BCUT2D eigenvalue weighted by Gasteiger charge is -2.00. The second kappa shape index (κ2) is 7.25. The van der Waals surface area contributed by atoms with Crippen molar-refractivity contribution in [2.24, 2.45) is 0 Å². The quantitative estimate of drug-likeness (QED) is 0.464. The van der Waals surface area contributed by atoms with Crippen molar-refractivity contribution in [2.45, 2.75) is 17.4 Å². The number of aromatic nitrogens is 3. The second-order valence-corrected chi connectivity index (χ2v) is 7.39. The monoisotopic (exact) mass is 369 g/mol. The van der Waals surface area contributed by atoms with Crippen LogP contribution in [0.5, 0.6) is 5.75 Å². The van der Waals surface area contributed by atoms with Crippen LogP contribution in [-0.4, -0.2) is 22.3 Å². The van der Waals surface area contributed by atoms with Crippen LogP contribution < -0.4 is 4.74 Å². The van der Waals surface area contributed by atoms with E-state index in [0.29, 0.717) is 17.5 Å². The molecule has 0 saturated carbocycles. The van der Waals surface area contributed by atoms with E-state index in [1.165, 1.54) is 16.5 Å². The smallest absolute Gasteiger partial charge is 0.276 e. The van der Waals surface area contributed by atoms with Gasteiger partial charge in [0.25, 0.3) is 5.22 Å². The Hall–Kier alpha value is -2.38. The fourth-order valence-electron chi connectivity index (χ4n) is 2.39. The van der Waals surface area contributed by atoms with Crippen LogP contribution in [0.2, 0.25) is 0 Å². The molecule has 2 aromatic heterocycles. The van der Waals surface area contributed by atoms with Crippen molar-refractivity contribution < 1.29 is 9.15 Å². The van der Waals surface area contributed by atoms with Crippen LogP contribution >= 0.6 is 23.1 Å². The minimum Gasteiger partial charge on any atom is -0.497 e. The number of ether oxygens (including phenoxy) is 1. The van der Waals surface area contributed by atoms with Gasteiger partial charge in [0.1, 0.15) is 10.8 Å². The van der Waals surface area contributed by atoms with E-state index < -0.39 is 0 Å². The van der Waals surface area contributed by atoms with Gasteiger partial charge in [0.15, 0.2) is 0 Å². The molecule has 0 aliphatic carbocycles. The molecule has 0 aliphatic heterocycles. The number of thiazole rings is 1. The number of para-hydroxylation sites is 1. The highest BCUT2D eigenvalue weighted by molar-refractivity contribution is 7.98. The van der Waals surface area contributed by atoms with E-state index in [-0.39, 0.29) is 0 Å². The summed E-state index contributed by atoms with van der Waals surface area (Å²) < 4.78 is 12.1. The van der Waals surface area contributed by atoms with E-state index >= 15 is 0 Å². The van der Waals surface area contributed by atoms with Crippen LogP contribution in [-0.2, 0) is 12.2 Å². The summed E-state index contributed by atoms with van der Waals surface area (Å²) in [4.78, 5) is 4.61. The predicted molar refractivity (Wildman–Crippen MR) is 99.3 cm³/mol. The Labute approximate surface area is 153 Å². The summed E-state index contributed by atoms with van der Waals surface area (Å²) in [6.45, 7) is 0. The van der Waals surface area contributed by atoms with Gasteiger partial charge in [0.05, 0.1) is 29.5 Å². The van der Waals surface area contributed by atoms with Gasteiger partial charge in [-0.1, -0.05) is 36.0 Å². The van der Waals surface area contributed by atoms with Crippen LogP contribution in [0.1, 0.15) is 16.5 Å². The Morgan fingerprint density at radius 2 is 1.92 bits per heavy atom. The van der Waals surface area contributed by atoms with Gasteiger partial charge in [-0.05, 0) is 29.8 Å². The molecule has 25 heavy (non-hydrogen) atoms. The Kier molecular flexibility index (Phi) is 4.67. The Morgan fingerprint density at radius 1 is 1.08 bits per heavy atom. The van der Waals surface area contributed by atoms with E-state index in [2.05, 4.69) is 21.2 Å². The number of rotatable bonds is 6. The van der Waals surface area contributed by atoms with Crippen LogP contribution in [0, 0.1) is 0 Å². The first-order valence-corrected chi connectivity index (χ1v) is 9.53. The molecule has 0 aliphatic rings. The summed E-state index contributed by atoms with van der Waals surface area (Å²) in [5, 5.41) is 9.87. The van der Waals surface area contributed by atoms with Crippen molar-refractivity contribution in [3.8, 4) is 5.75 Å². The van der Waals surface area contributed by atoms with Gasteiger partial charge in [0, 0.05) is 0 Å². The van der Waals surface area contributed by atoms with Crippen molar-refractivity contribution in [3.63, 3.8) is 0 Å². The number of hydrogen-bond acceptors (Lipinski definition) is 7. The van der Waals surface area contributed by atoms with Crippen molar-refractivity contribution in [2.75, 3.05) is 7.11 Å². The molecule has 4 aromatic rings. The Morgan fingerprint density at radius 3 is 2.72 bits per heavy atom. The second-order valence-electron chi connectivity index (χ2n) is 5.35. The zero-order valence-corrected chi connectivity index (χ0v) is 15.1. The highest BCUT2D eigenvalue weighted by atomic mass is 32.2. The summed E-state index contributed by atoms with van der Waals surface area (Å²) in [5.74, 6) is 2.17. The van der Waals surface area contributed by atoms with Crippen molar-refractivity contribution in [1.82, 2.24) is 15.2 Å². The zero-order chi connectivity index (χ0) is 17.1. The third-order valence-corrected chi connectivity index (χ3v) is 5.67. The lowest BCUT2D eigenvalue weighted by Crippen LogP contribution is -1.89. The standard InChI is InChI=1S/C18H15N3O2S2/c1-22-13-8-6-12(7-9-13)10-16-20-21-18(23-16)24-11-17-19-14-4-2-3-5-15(14)25-17/h2-9H,10-11H2,1H3. The molecule has 0 unspecified atom stereocenters. The first-order valence-electron chi connectivity index (χ1n) is 7.73. The van der Waals surface area contributed by atoms with E-state index in [0.717, 1.165) is 27.6 Å². The molecule has 2 heterocycles. The topological polar surface area (TPSA) is 61.0 Å². The normalized spacial score (nSPS) is 11.1. The van der Waals surface area contributed by atoms with Gasteiger partial charge in [0.2, 0.25) is 5.89 Å².